The molecule has 0 heterocycles. The van der Waals surface area contributed by atoms with Gasteiger partial charge >= 0.3 is 19.8 Å². The van der Waals surface area contributed by atoms with E-state index in [-0.39, 0.29) is 32.0 Å². The zero-order chi connectivity index (χ0) is 55.6. The number of carbonyl (C=O) groups excluding carboxylic acids is 2. The van der Waals surface area contributed by atoms with Crippen molar-refractivity contribution in [2.24, 2.45) is 0 Å². The Hall–Kier alpha value is -2.81. The number of allylic oxidation sites excluding steroid dienone is 14. The summed E-state index contributed by atoms with van der Waals surface area (Å²) in [5.74, 6) is -0.808. The number of quaternary nitrogens is 1. The fourth-order valence-corrected chi connectivity index (χ4v) is 9.35. The molecule has 0 radical (unpaired) electrons. The Labute approximate surface area is 469 Å². The van der Waals surface area contributed by atoms with Gasteiger partial charge in [0.1, 0.15) is 19.8 Å². The molecule has 0 fully saturated rings. The van der Waals surface area contributed by atoms with Crippen molar-refractivity contribution in [1.82, 2.24) is 0 Å². The summed E-state index contributed by atoms with van der Waals surface area (Å²) in [6, 6.07) is 0. The summed E-state index contributed by atoms with van der Waals surface area (Å²) in [4.78, 5) is 35.6. The SMILES string of the molecule is CC/C=C\C/C=C\C/C=C\C/C=C\C/C=C\CCCCCCCCCCCCCCCCCCCCCCCCCC(=O)OC(COC(=O)CCCCCCC/C=C\C/C=C\CCC)COP(=O)(O)OCC[N+](C)(C)C. The maximum Gasteiger partial charge on any atom is 0.472 e. The summed E-state index contributed by atoms with van der Waals surface area (Å²) in [6.07, 6.45) is 76.9. The van der Waals surface area contributed by atoms with Gasteiger partial charge in [0.25, 0.3) is 0 Å². The highest BCUT2D eigenvalue weighted by Crippen LogP contribution is 2.43. The van der Waals surface area contributed by atoms with E-state index < -0.39 is 26.5 Å². The van der Waals surface area contributed by atoms with Crippen molar-refractivity contribution in [3.63, 3.8) is 0 Å². The first kappa shape index (κ1) is 73.2. The minimum absolute atomic E-state index is 0.0285. The maximum absolute atomic E-state index is 12.8. The van der Waals surface area contributed by atoms with Gasteiger partial charge in [-0.25, -0.2) is 4.57 Å². The third-order valence-corrected chi connectivity index (χ3v) is 14.4. The van der Waals surface area contributed by atoms with E-state index in [4.69, 9.17) is 18.5 Å². The minimum atomic E-state index is -4.39. The fourth-order valence-electron chi connectivity index (χ4n) is 8.61. The van der Waals surface area contributed by atoms with Gasteiger partial charge in [-0.3, -0.25) is 18.6 Å². The molecule has 2 unspecified atom stereocenters. The van der Waals surface area contributed by atoms with Gasteiger partial charge in [0.15, 0.2) is 6.10 Å². The summed E-state index contributed by atoms with van der Waals surface area (Å²) < 4.78 is 34.5. The molecule has 0 bridgehead atoms. The molecule has 0 saturated carbocycles. The highest BCUT2D eigenvalue weighted by molar-refractivity contribution is 7.47. The number of hydrogen-bond donors (Lipinski definition) is 1. The van der Waals surface area contributed by atoms with Crippen molar-refractivity contribution < 1.29 is 42.1 Å². The average Bonchev–Trinajstić information content (AvgIpc) is 3.38. The van der Waals surface area contributed by atoms with Gasteiger partial charge in [0.2, 0.25) is 0 Å². The number of unbranched alkanes of at least 4 members (excludes halogenated alkanes) is 29. The lowest BCUT2D eigenvalue weighted by atomic mass is 10.0. The molecular weight excluding hydrogens is 966 g/mol. The fraction of sp³-hybridized carbons (Fsp3) is 0.758. The summed E-state index contributed by atoms with van der Waals surface area (Å²) in [5, 5.41) is 0. The third kappa shape index (κ3) is 60.4. The quantitative estimate of drug-likeness (QED) is 0.0211. The summed E-state index contributed by atoms with van der Waals surface area (Å²) in [6.45, 7) is 4.25. The van der Waals surface area contributed by atoms with Crippen molar-refractivity contribution in [3.8, 4) is 0 Å². The molecular formula is C66H119NO8P+. The number of carbonyl (C=O) groups is 2. The zero-order valence-electron chi connectivity index (χ0n) is 50.0. The Morgan fingerprint density at radius 3 is 1.12 bits per heavy atom. The lowest BCUT2D eigenvalue weighted by Crippen LogP contribution is -2.37. The number of ether oxygens (including phenoxy) is 2. The van der Waals surface area contributed by atoms with E-state index in [0.717, 1.165) is 96.3 Å². The van der Waals surface area contributed by atoms with Crippen LogP contribution < -0.4 is 0 Å². The van der Waals surface area contributed by atoms with E-state index in [0.29, 0.717) is 17.4 Å². The van der Waals surface area contributed by atoms with E-state index in [1.54, 1.807) is 0 Å². The van der Waals surface area contributed by atoms with Crippen molar-refractivity contribution in [2.45, 2.75) is 277 Å². The molecule has 0 aromatic heterocycles. The first-order valence-electron chi connectivity index (χ1n) is 31.3. The summed E-state index contributed by atoms with van der Waals surface area (Å²) in [7, 11) is 1.47. The van der Waals surface area contributed by atoms with Crippen molar-refractivity contribution in [1.29, 1.82) is 0 Å². The van der Waals surface area contributed by atoms with Crippen molar-refractivity contribution in [2.75, 3.05) is 47.5 Å². The predicted octanol–water partition coefficient (Wildman–Crippen LogP) is 19.8. The Morgan fingerprint density at radius 2 is 0.750 bits per heavy atom. The Balaban J connectivity index is 3.91. The van der Waals surface area contributed by atoms with Crippen LogP contribution in [0.5, 0.6) is 0 Å². The van der Waals surface area contributed by atoms with E-state index in [9.17, 15) is 19.0 Å². The van der Waals surface area contributed by atoms with Crippen LogP contribution in [-0.2, 0) is 32.7 Å². The molecule has 10 heteroatoms. The van der Waals surface area contributed by atoms with Crippen molar-refractivity contribution >= 4 is 19.8 Å². The molecule has 9 nitrogen and oxygen atoms in total. The zero-order valence-corrected chi connectivity index (χ0v) is 50.9. The largest absolute Gasteiger partial charge is 0.472 e. The molecule has 1 N–H and O–H groups in total. The number of hydrogen-bond acceptors (Lipinski definition) is 7. The molecule has 0 rings (SSSR count). The maximum atomic E-state index is 12.8. The van der Waals surface area contributed by atoms with E-state index in [1.165, 1.54) is 141 Å². The van der Waals surface area contributed by atoms with Crippen LogP contribution in [0.2, 0.25) is 0 Å². The van der Waals surface area contributed by atoms with E-state index >= 15 is 0 Å². The van der Waals surface area contributed by atoms with E-state index in [1.807, 2.05) is 21.1 Å². The number of likely N-dealkylation sites (N-methyl/N-ethyl adjacent to an activating group) is 1. The standard InChI is InChI=1S/C66H118NO8P/c1-6-8-10-12-14-16-18-20-21-22-23-24-25-26-27-28-29-30-31-32-33-34-35-36-37-38-39-40-41-42-43-44-45-47-49-51-53-55-57-59-66(69)75-64(63-74-76(70,71)73-61-60-67(3,4)5)62-72-65(68)58-56-54-52-50-48-46-19-17-15-13-11-9-7-2/h8,10-11,13-14,16-17,19-21,23-24,26-27,64H,6-7,9,12,15,18,22,25,28-63H2,1-5H3/p+1/b10-8-,13-11-,16-14-,19-17-,21-20-,24-23-,27-26-. The predicted molar refractivity (Wildman–Crippen MR) is 325 cm³/mol. The Kier molecular flexibility index (Phi) is 54.8. The van der Waals surface area contributed by atoms with Crippen LogP contribution in [0.1, 0.15) is 271 Å². The minimum Gasteiger partial charge on any atom is -0.462 e. The molecule has 2 atom stereocenters. The van der Waals surface area contributed by atoms with Gasteiger partial charge in [0.05, 0.1) is 27.7 Å². The molecule has 0 aliphatic rings. The lowest BCUT2D eigenvalue weighted by Gasteiger charge is -2.24. The highest BCUT2D eigenvalue weighted by Gasteiger charge is 2.27. The Bertz CT molecular complexity index is 1560. The first-order chi connectivity index (χ1) is 37.0. The number of phosphoric acid groups is 1. The van der Waals surface area contributed by atoms with Crippen LogP contribution in [0, 0.1) is 0 Å². The molecule has 440 valence electrons. The molecule has 0 aliphatic carbocycles. The normalized spacial score (nSPS) is 13.8. The monoisotopic (exact) mass is 1080 g/mol. The molecule has 0 spiro atoms. The smallest absolute Gasteiger partial charge is 0.462 e. The summed E-state index contributed by atoms with van der Waals surface area (Å²) in [5.41, 5.74) is 0. The summed E-state index contributed by atoms with van der Waals surface area (Å²) >= 11 is 0. The first-order valence-corrected chi connectivity index (χ1v) is 32.8. The van der Waals surface area contributed by atoms with Gasteiger partial charge in [-0.2, -0.15) is 0 Å². The van der Waals surface area contributed by atoms with Gasteiger partial charge in [-0.15, -0.1) is 0 Å². The topological polar surface area (TPSA) is 108 Å². The molecule has 0 aromatic rings. The molecule has 0 amide bonds. The van der Waals surface area contributed by atoms with Crippen LogP contribution in [0.4, 0.5) is 0 Å². The number of phosphoric ester groups is 1. The highest BCUT2D eigenvalue weighted by atomic mass is 31.2. The number of rotatable bonds is 57. The molecule has 76 heavy (non-hydrogen) atoms. The number of nitrogens with zero attached hydrogens (tertiary/aromatic N) is 1. The third-order valence-electron chi connectivity index (χ3n) is 13.4. The van der Waals surface area contributed by atoms with Crippen LogP contribution in [0.3, 0.4) is 0 Å². The molecule has 0 aliphatic heterocycles. The molecule has 0 saturated heterocycles. The van der Waals surface area contributed by atoms with Crippen LogP contribution in [0.15, 0.2) is 85.1 Å². The van der Waals surface area contributed by atoms with Gasteiger partial charge < -0.3 is 18.9 Å². The van der Waals surface area contributed by atoms with Gasteiger partial charge in [0, 0.05) is 12.8 Å². The van der Waals surface area contributed by atoms with E-state index in [2.05, 4.69) is 98.9 Å². The van der Waals surface area contributed by atoms with Gasteiger partial charge in [-0.05, 0) is 83.5 Å². The average molecular weight is 1090 g/mol. The molecule has 0 aromatic carbocycles. The second-order valence-corrected chi connectivity index (χ2v) is 23.5. The Morgan fingerprint density at radius 1 is 0.421 bits per heavy atom. The van der Waals surface area contributed by atoms with Crippen LogP contribution >= 0.6 is 7.82 Å². The second kappa shape index (κ2) is 56.9. The van der Waals surface area contributed by atoms with Crippen molar-refractivity contribution in [3.05, 3.63) is 85.1 Å². The van der Waals surface area contributed by atoms with Crippen LogP contribution in [0.25, 0.3) is 0 Å². The number of esters is 2. The lowest BCUT2D eigenvalue weighted by molar-refractivity contribution is -0.870. The van der Waals surface area contributed by atoms with Gasteiger partial charge in [-0.1, -0.05) is 259 Å². The second-order valence-electron chi connectivity index (χ2n) is 22.1. The van der Waals surface area contributed by atoms with Crippen LogP contribution in [-0.4, -0.2) is 74.9 Å².